The van der Waals surface area contributed by atoms with Gasteiger partial charge >= 0.3 is 6.03 Å². The topological polar surface area (TPSA) is 78.4 Å². The van der Waals surface area contributed by atoms with Gasteiger partial charge in [0.25, 0.3) is 5.91 Å². The van der Waals surface area contributed by atoms with E-state index in [4.69, 9.17) is 0 Å². The molecule has 2 aromatic rings. The van der Waals surface area contributed by atoms with Gasteiger partial charge in [-0.15, -0.1) is 0 Å². The first-order chi connectivity index (χ1) is 12.5. The van der Waals surface area contributed by atoms with Crippen molar-refractivity contribution in [1.82, 2.24) is 10.6 Å². The lowest BCUT2D eigenvalue weighted by Gasteiger charge is -2.27. The highest BCUT2D eigenvalue weighted by Crippen LogP contribution is 2.36. The van der Waals surface area contributed by atoms with Gasteiger partial charge in [0.15, 0.2) is 0 Å². The molecule has 0 aromatic heterocycles. The Hall–Kier alpha value is -2.47. The molecule has 1 fully saturated rings. The first-order valence-electron chi connectivity index (χ1n) is 8.51. The van der Waals surface area contributed by atoms with Crippen molar-refractivity contribution in [1.29, 1.82) is 0 Å². The van der Waals surface area contributed by atoms with Crippen LogP contribution in [0.5, 0.6) is 5.75 Å². The fraction of sp³-hybridized carbons (Fsp3) is 0.300. The SMILES string of the molecule is C[C@]1(CC(CSCc2ccccc2)c2ccccc2O)NC(=O)NC1=O. The Balaban J connectivity index is 1.75. The van der Waals surface area contributed by atoms with E-state index >= 15 is 0 Å². The van der Waals surface area contributed by atoms with Crippen molar-refractivity contribution >= 4 is 23.7 Å². The van der Waals surface area contributed by atoms with E-state index in [0.29, 0.717) is 6.42 Å². The van der Waals surface area contributed by atoms with Crippen LogP contribution in [-0.4, -0.2) is 28.3 Å². The number of thioether (sulfide) groups is 1. The van der Waals surface area contributed by atoms with Gasteiger partial charge in [-0.1, -0.05) is 48.5 Å². The maximum absolute atomic E-state index is 12.2. The number of rotatable bonds is 7. The van der Waals surface area contributed by atoms with Crippen LogP contribution in [-0.2, 0) is 10.5 Å². The van der Waals surface area contributed by atoms with Gasteiger partial charge in [-0.25, -0.2) is 4.79 Å². The van der Waals surface area contributed by atoms with Crippen LogP contribution in [0.4, 0.5) is 4.79 Å². The summed E-state index contributed by atoms with van der Waals surface area (Å²) < 4.78 is 0. The minimum Gasteiger partial charge on any atom is -0.508 e. The molecule has 1 aliphatic rings. The Labute approximate surface area is 157 Å². The molecule has 1 aliphatic heterocycles. The lowest BCUT2D eigenvalue weighted by atomic mass is 9.85. The summed E-state index contributed by atoms with van der Waals surface area (Å²) >= 11 is 1.75. The van der Waals surface area contributed by atoms with E-state index in [2.05, 4.69) is 22.8 Å². The molecule has 26 heavy (non-hydrogen) atoms. The molecule has 0 bridgehead atoms. The summed E-state index contributed by atoms with van der Waals surface area (Å²) in [5.74, 6) is 1.40. The molecule has 2 aromatic carbocycles. The average Bonchev–Trinajstić information content (AvgIpc) is 2.87. The third kappa shape index (κ3) is 4.19. The Bertz CT molecular complexity index is 797. The second-order valence-corrected chi connectivity index (χ2v) is 7.73. The van der Waals surface area contributed by atoms with Crippen LogP contribution in [0, 0.1) is 0 Å². The molecule has 0 spiro atoms. The third-order valence-electron chi connectivity index (χ3n) is 4.58. The van der Waals surface area contributed by atoms with Crippen molar-refractivity contribution in [3.8, 4) is 5.75 Å². The number of aromatic hydroxyl groups is 1. The van der Waals surface area contributed by atoms with Crippen LogP contribution in [0.25, 0.3) is 0 Å². The first kappa shape index (κ1) is 18.3. The monoisotopic (exact) mass is 370 g/mol. The molecule has 0 aliphatic carbocycles. The molecule has 3 amide bonds. The fourth-order valence-corrected chi connectivity index (χ4v) is 4.33. The van der Waals surface area contributed by atoms with Crippen LogP contribution in [0.15, 0.2) is 54.6 Å². The zero-order valence-corrected chi connectivity index (χ0v) is 15.4. The molecular formula is C20H22N2O3S. The standard InChI is InChI=1S/C20H22N2O3S/c1-20(18(24)21-19(25)22-20)11-15(16-9-5-6-10-17(16)23)13-26-12-14-7-3-2-4-8-14/h2-10,15,23H,11-13H2,1H3,(H2,21,22,24,25)/t15?,20-/m1/s1. The Morgan fingerprint density at radius 3 is 2.42 bits per heavy atom. The minimum absolute atomic E-state index is 0.0703. The Morgan fingerprint density at radius 1 is 1.08 bits per heavy atom. The lowest BCUT2D eigenvalue weighted by Crippen LogP contribution is -2.45. The summed E-state index contributed by atoms with van der Waals surface area (Å²) in [7, 11) is 0. The van der Waals surface area contributed by atoms with Gasteiger partial charge in [-0.05, 0) is 36.5 Å². The van der Waals surface area contributed by atoms with Crippen molar-refractivity contribution in [2.24, 2.45) is 0 Å². The number of hydrogen-bond acceptors (Lipinski definition) is 4. The number of hydrogen-bond donors (Lipinski definition) is 3. The quantitative estimate of drug-likeness (QED) is 0.653. The molecular weight excluding hydrogens is 348 g/mol. The van der Waals surface area contributed by atoms with Gasteiger partial charge in [-0.2, -0.15) is 11.8 Å². The van der Waals surface area contributed by atoms with E-state index in [1.165, 1.54) is 5.56 Å². The fourth-order valence-electron chi connectivity index (χ4n) is 3.20. The van der Waals surface area contributed by atoms with E-state index < -0.39 is 11.6 Å². The van der Waals surface area contributed by atoms with Gasteiger partial charge < -0.3 is 10.4 Å². The largest absolute Gasteiger partial charge is 0.508 e. The van der Waals surface area contributed by atoms with Gasteiger partial charge in [0, 0.05) is 11.5 Å². The zero-order valence-electron chi connectivity index (χ0n) is 14.6. The maximum atomic E-state index is 12.2. The van der Waals surface area contributed by atoms with E-state index in [1.807, 2.05) is 30.3 Å². The van der Waals surface area contributed by atoms with Crippen LogP contribution < -0.4 is 10.6 Å². The van der Waals surface area contributed by atoms with Crippen LogP contribution in [0.1, 0.15) is 30.4 Å². The molecule has 5 nitrogen and oxygen atoms in total. The minimum atomic E-state index is -0.975. The average molecular weight is 370 g/mol. The number of amides is 3. The highest BCUT2D eigenvalue weighted by atomic mass is 32.2. The number of para-hydroxylation sites is 1. The maximum Gasteiger partial charge on any atom is 0.322 e. The smallest absolute Gasteiger partial charge is 0.322 e. The van der Waals surface area contributed by atoms with Crippen LogP contribution >= 0.6 is 11.8 Å². The van der Waals surface area contributed by atoms with Crippen molar-refractivity contribution in [3.05, 3.63) is 65.7 Å². The number of phenolic OH excluding ortho intramolecular Hbond substituents is 1. The summed E-state index contributed by atoms with van der Waals surface area (Å²) in [5.41, 5.74) is 1.05. The predicted molar refractivity (Wildman–Crippen MR) is 103 cm³/mol. The number of benzene rings is 2. The third-order valence-corrected chi connectivity index (χ3v) is 5.75. The molecule has 0 radical (unpaired) electrons. The van der Waals surface area contributed by atoms with Crippen molar-refractivity contribution in [2.75, 3.05) is 5.75 Å². The number of nitrogens with one attached hydrogen (secondary N) is 2. The molecule has 2 atom stereocenters. The number of phenols is 1. The first-order valence-corrected chi connectivity index (χ1v) is 9.66. The van der Waals surface area contributed by atoms with Crippen molar-refractivity contribution in [2.45, 2.75) is 30.6 Å². The highest BCUT2D eigenvalue weighted by molar-refractivity contribution is 7.98. The molecule has 1 heterocycles. The van der Waals surface area contributed by atoms with Gasteiger partial charge in [0.1, 0.15) is 11.3 Å². The second kappa shape index (κ2) is 7.83. The van der Waals surface area contributed by atoms with Crippen molar-refractivity contribution in [3.63, 3.8) is 0 Å². The molecule has 1 saturated heterocycles. The van der Waals surface area contributed by atoms with E-state index in [9.17, 15) is 14.7 Å². The summed E-state index contributed by atoms with van der Waals surface area (Å²) in [6.07, 6.45) is 0.421. The van der Waals surface area contributed by atoms with Gasteiger partial charge in [-0.3, -0.25) is 10.1 Å². The van der Waals surface area contributed by atoms with E-state index in [0.717, 1.165) is 17.1 Å². The number of carbonyl (C=O) groups excluding carboxylic acids is 2. The summed E-state index contributed by atoms with van der Waals surface area (Å²) in [4.78, 5) is 23.7. The number of carbonyl (C=O) groups is 2. The van der Waals surface area contributed by atoms with Gasteiger partial charge in [0.2, 0.25) is 0 Å². The van der Waals surface area contributed by atoms with Crippen LogP contribution in [0.3, 0.4) is 0 Å². The second-order valence-electron chi connectivity index (χ2n) is 6.70. The molecule has 0 saturated carbocycles. The Kier molecular flexibility index (Phi) is 5.52. The Morgan fingerprint density at radius 2 is 1.77 bits per heavy atom. The molecule has 1 unspecified atom stereocenters. The normalized spacial score (nSPS) is 20.5. The van der Waals surface area contributed by atoms with Crippen LogP contribution in [0.2, 0.25) is 0 Å². The number of imide groups is 1. The molecule has 3 N–H and O–H groups in total. The van der Waals surface area contributed by atoms with E-state index in [1.54, 1.807) is 30.8 Å². The van der Waals surface area contributed by atoms with E-state index in [-0.39, 0.29) is 17.6 Å². The lowest BCUT2D eigenvalue weighted by molar-refractivity contribution is -0.123. The summed E-state index contributed by atoms with van der Waals surface area (Å²) in [6.45, 7) is 1.72. The van der Waals surface area contributed by atoms with Crippen molar-refractivity contribution < 1.29 is 14.7 Å². The number of urea groups is 1. The van der Waals surface area contributed by atoms with Gasteiger partial charge in [0.05, 0.1) is 0 Å². The highest BCUT2D eigenvalue weighted by Gasteiger charge is 2.43. The predicted octanol–water partition coefficient (Wildman–Crippen LogP) is 3.40. The molecule has 136 valence electrons. The molecule has 3 rings (SSSR count). The summed E-state index contributed by atoms with van der Waals surface area (Å²) in [6, 6.07) is 16.9. The summed E-state index contributed by atoms with van der Waals surface area (Å²) in [5, 5.41) is 15.3. The zero-order chi connectivity index (χ0) is 18.6. The molecule has 6 heteroatoms.